The number of halogens is 4. The van der Waals surface area contributed by atoms with E-state index in [9.17, 15) is 24.1 Å². The van der Waals surface area contributed by atoms with Gasteiger partial charge < -0.3 is 96.1 Å². The number of ether oxygens (including phenoxy) is 8. The van der Waals surface area contributed by atoms with Crippen LogP contribution in [0.3, 0.4) is 0 Å². The van der Waals surface area contributed by atoms with E-state index in [4.69, 9.17) is 37.9 Å². The van der Waals surface area contributed by atoms with Crippen LogP contribution in [0.4, 0.5) is 8.78 Å². The zero-order chi connectivity index (χ0) is 58.8. The molecular weight excluding hydrogens is 1160 g/mol. The van der Waals surface area contributed by atoms with Gasteiger partial charge in [-0.05, 0) is 51.4 Å². The number of unbranched alkanes of at least 4 members (excludes halogenated alkanes) is 20. The molecule has 0 saturated carbocycles. The van der Waals surface area contributed by atoms with Gasteiger partial charge in [0.2, 0.25) is 6.43 Å². The van der Waals surface area contributed by atoms with E-state index in [-0.39, 0.29) is 92.0 Å². The van der Waals surface area contributed by atoms with Gasteiger partial charge >= 0.3 is 0 Å². The van der Waals surface area contributed by atoms with Crippen molar-refractivity contribution >= 4 is 0 Å². The maximum atomic E-state index is 12.3. The summed E-state index contributed by atoms with van der Waals surface area (Å²) in [5.41, 5.74) is -1.90. The van der Waals surface area contributed by atoms with Crippen molar-refractivity contribution in [3.05, 3.63) is 0 Å². The Bertz CT molecular complexity index is 1290. The van der Waals surface area contributed by atoms with Gasteiger partial charge in [0.25, 0.3) is 0 Å². The van der Waals surface area contributed by atoms with Crippen molar-refractivity contribution in [2.45, 2.75) is 208 Å². The van der Waals surface area contributed by atoms with Crippen molar-refractivity contribution in [3.63, 3.8) is 0 Å². The predicted molar refractivity (Wildman–Crippen MR) is 319 cm³/mol. The van der Waals surface area contributed by atoms with Crippen molar-refractivity contribution in [3.8, 4) is 0 Å². The van der Waals surface area contributed by atoms with E-state index in [0.29, 0.717) is 59.5 Å². The Morgan fingerprint density at radius 1 is 0.338 bits per heavy atom. The summed E-state index contributed by atoms with van der Waals surface area (Å²) < 4.78 is 71.9. The van der Waals surface area contributed by atoms with E-state index < -0.39 is 22.7 Å². The number of aliphatic hydroxyl groups is 3. The van der Waals surface area contributed by atoms with Crippen LogP contribution in [0.15, 0.2) is 0 Å². The SMILES string of the molecule is CCCCCCCCCCCC[N+](C)(C)CCCCOCC(C)(CO)COCC(C)(CO)COCCC(F)F.CCCCCCCCCCCC[N+](C)(C)CCCCOCC(C)(COC)COCC(C)(CO)COCCOC.[Br-].[Br-]. The maximum Gasteiger partial charge on any atom is 0.240 e. The molecule has 0 rings (SSSR count). The molecule has 0 fully saturated rings. The average molecular weight is 1290 g/mol. The summed E-state index contributed by atoms with van der Waals surface area (Å²) in [5, 5.41) is 29.4. The monoisotopic (exact) mass is 1290 g/mol. The lowest BCUT2D eigenvalue weighted by atomic mass is 9.92. The van der Waals surface area contributed by atoms with Gasteiger partial charge in [0.05, 0.1) is 153 Å². The lowest BCUT2D eigenvalue weighted by Crippen LogP contribution is -3.00. The predicted octanol–water partition coefficient (Wildman–Crippen LogP) is 6.59. The number of methoxy groups -OCH3 is 2. The zero-order valence-electron chi connectivity index (χ0n) is 54.1. The normalized spacial score (nSPS) is 15.1. The third-order valence-electron chi connectivity index (χ3n) is 15.0. The Labute approximate surface area is 513 Å². The second-order valence-electron chi connectivity index (χ2n) is 26.1. The van der Waals surface area contributed by atoms with E-state index in [1.807, 2.05) is 13.8 Å². The molecule has 17 heteroatoms. The second-order valence-corrected chi connectivity index (χ2v) is 26.1. The molecule has 3 N–H and O–H groups in total. The quantitative estimate of drug-likeness (QED) is 0.0451. The standard InChI is InChI=1S/C32H68NO6.C31H64F2NO5.2BrH/c1-8-9-10-11-12-13-14-15-16-17-20-33(4,5)21-18-19-22-37-29-32(3,26-36-7)30-39-28-31(2,25-34)27-38-24-23-35-6;1-6-7-8-9-10-11-12-13-14-15-19-34(4,5)20-16-17-21-37-25-30(2,23-35)27-39-28-31(3,24-36)26-38-22-18-29(32)33;;/h34H,8-30H2,1-7H3;29,35-36H,6-28H2,1-5H3;2*1H/q2*+1;;/p-2. The van der Waals surface area contributed by atoms with E-state index in [1.165, 1.54) is 154 Å². The number of alkyl halides is 2. The van der Waals surface area contributed by atoms with Crippen LogP contribution in [-0.2, 0) is 37.9 Å². The van der Waals surface area contributed by atoms with Crippen molar-refractivity contribution in [2.24, 2.45) is 21.7 Å². The lowest BCUT2D eigenvalue weighted by molar-refractivity contribution is -0.890. The van der Waals surface area contributed by atoms with Gasteiger partial charge in [0.15, 0.2) is 0 Å². The summed E-state index contributed by atoms with van der Waals surface area (Å²) in [6, 6.07) is 0. The van der Waals surface area contributed by atoms with Crippen molar-refractivity contribution in [1.82, 2.24) is 0 Å². The molecule has 0 heterocycles. The first kappa shape index (κ1) is 86.7. The fourth-order valence-corrected chi connectivity index (χ4v) is 9.32. The number of quaternary nitrogens is 2. The fraction of sp³-hybridized carbons (Fsp3) is 1.00. The van der Waals surface area contributed by atoms with Crippen LogP contribution in [0.1, 0.15) is 202 Å². The minimum absolute atomic E-state index is 0. The molecule has 4 atom stereocenters. The summed E-state index contributed by atoms with van der Waals surface area (Å²) in [4.78, 5) is 0. The van der Waals surface area contributed by atoms with Gasteiger partial charge in [-0.2, -0.15) is 0 Å². The molecule has 0 aromatic rings. The molecule has 0 saturated heterocycles. The minimum atomic E-state index is -2.40. The van der Waals surface area contributed by atoms with Crippen LogP contribution < -0.4 is 34.0 Å². The molecule has 0 bridgehead atoms. The fourth-order valence-electron chi connectivity index (χ4n) is 9.32. The Hall–Kier alpha value is 0.300. The molecule has 0 amide bonds. The van der Waals surface area contributed by atoms with Gasteiger partial charge in [-0.15, -0.1) is 0 Å². The van der Waals surface area contributed by atoms with E-state index in [0.717, 1.165) is 41.4 Å². The molecule has 0 aliphatic carbocycles. The highest BCUT2D eigenvalue weighted by Crippen LogP contribution is 2.24. The van der Waals surface area contributed by atoms with E-state index in [1.54, 1.807) is 21.1 Å². The molecule has 0 aliphatic rings. The highest BCUT2D eigenvalue weighted by Gasteiger charge is 2.31. The zero-order valence-corrected chi connectivity index (χ0v) is 57.3. The third kappa shape index (κ3) is 54.9. The van der Waals surface area contributed by atoms with Gasteiger partial charge in [0, 0.05) is 55.5 Å². The van der Waals surface area contributed by atoms with Crippen molar-refractivity contribution < 1.29 is 105 Å². The molecule has 0 spiro atoms. The van der Waals surface area contributed by atoms with Crippen LogP contribution in [0.2, 0.25) is 0 Å². The molecular formula is C63H132Br2F2N2O11. The average Bonchev–Trinajstić information content (AvgIpc) is 3.40. The Balaban J connectivity index is -0.000000704. The number of nitrogens with zero attached hydrogens (tertiary/aromatic N) is 2. The Morgan fingerprint density at radius 3 is 0.925 bits per heavy atom. The number of hydrogen-bond donors (Lipinski definition) is 3. The number of aliphatic hydroxyl groups excluding tert-OH is 3. The molecule has 0 aromatic heterocycles. The van der Waals surface area contributed by atoms with Gasteiger partial charge in [-0.1, -0.05) is 144 Å². The minimum Gasteiger partial charge on any atom is -1.00 e. The highest BCUT2D eigenvalue weighted by molar-refractivity contribution is 4.78. The smallest absolute Gasteiger partial charge is 0.240 e. The second kappa shape index (κ2) is 55.9. The molecule has 80 heavy (non-hydrogen) atoms. The first-order chi connectivity index (χ1) is 37.2. The molecule has 13 nitrogen and oxygen atoms in total. The van der Waals surface area contributed by atoms with Gasteiger partial charge in [0.1, 0.15) is 0 Å². The molecule has 4 unspecified atom stereocenters. The van der Waals surface area contributed by atoms with Crippen molar-refractivity contribution in [2.75, 3.05) is 181 Å². The highest BCUT2D eigenvalue weighted by atomic mass is 79.9. The summed E-state index contributed by atoms with van der Waals surface area (Å²) in [5.74, 6) is 0. The van der Waals surface area contributed by atoms with Crippen molar-refractivity contribution in [1.29, 1.82) is 0 Å². The van der Waals surface area contributed by atoms with Crippen LogP contribution >= 0.6 is 0 Å². The van der Waals surface area contributed by atoms with Crippen LogP contribution in [0, 0.1) is 21.7 Å². The van der Waals surface area contributed by atoms with Gasteiger partial charge in [-0.25, -0.2) is 8.78 Å². The molecule has 0 aromatic carbocycles. The maximum absolute atomic E-state index is 12.3. The molecule has 0 aliphatic heterocycles. The summed E-state index contributed by atoms with van der Waals surface area (Å²) in [7, 11) is 12.7. The largest absolute Gasteiger partial charge is 1.00 e. The van der Waals surface area contributed by atoms with Crippen LogP contribution in [-0.4, -0.2) is 212 Å². The summed E-state index contributed by atoms with van der Waals surface area (Å²) in [6.07, 6.45) is 29.3. The lowest BCUT2D eigenvalue weighted by Gasteiger charge is -2.32. The topological polar surface area (TPSA) is 135 Å². The number of rotatable bonds is 59. The first-order valence-electron chi connectivity index (χ1n) is 31.4. The third-order valence-corrected chi connectivity index (χ3v) is 15.0. The first-order valence-corrected chi connectivity index (χ1v) is 31.4. The molecule has 488 valence electrons. The van der Waals surface area contributed by atoms with Crippen LogP contribution in [0.25, 0.3) is 0 Å². The summed E-state index contributed by atoms with van der Waals surface area (Å²) in [6.45, 7) is 22.9. The summed E-state index contributed by atoms with van der Waals surface area (Å²) >= 11 is 0. The van der Waals surface area contributed by atoms with Gasteiger partial charge in [-0.3, -0.25) is 0 Å². The Kier molecular flexibility index (Phi) is 60.6. The van der Waals surface area contributed by atoms with E-state index >= 15 is 0 Å². The van der Waals surface area contributed by atoms with E-state index in [2.05, 4.69) is 49.0 Å². The number of hydrogen-bond acceptors (Lipinski definition) is 11. The Morgan fingerprint density at radius 2 is 0.613 bits per heavy atom. The van der Waals surface area contributed by atoms with Crippen LogP contribution in [0.5, 0.6) is 0 Å². The molecule has 0 radical (unpaired) electrons.